The van der Waals surface area contributed by atoms with Crippen LogP contribution in [0.4, 0.5) is 0 Å². The molecule has 3 heteroatoms. The van der Waals surface area contributed by atoms with Crippen molar-refractivity contribution < 1.29 is 0 Å². The minimum Gasteiger partial charge on any atom is -0.350 e. The molecular formula is C15H18N2O. The Labute approximate surface area is 107 Å². The third kappa shape index (κ3) is 1.95. The fourth-order valence-corrected chi connectivity index (χ4v) is 2.80. The predicted octanol–water partition coefficient (Wildman–Crippen LogP) is 2.13. The maximum atomic E-state index is 12.4. The van der Waals surface area contributed by atoms with E-state index in [-0.39, 0.29) is 5.43 Å². The number of hydrogen-bond acceptors (Lipinski definition) is 2. The highest BCUT2D eigenvalue weighted by Crippen LogP contribution is 2.14. The van der Waals surface area contributed by atoms with Gasteiger partial charge in [0.1, 0.15) is 0 Å². The maximum absolute atomic E-state index is 12.4. The largest absolute Gasteiger partial charge is 0.350 e. The Morgan fingerprint density at radius 1 is 1.17 bits per heavy atom. The number of rotatable bonds is 2. The van der Waals surface area contributed by atoms with Crippen LogP contribution in [0, 0.1) is 0 Å². The average Bonchev–Trinajstić information content (AvgIpc) is 2.89. The normalized spacial score (nSPS) is 16.5. The van der Waals surface area contributed by atoms with Crippen molar-refractivity contribution in [1.29, 1.82) is 0 Å². The molecule has 1 aromatic heterocycles. The molecule has 0 spiro atoms. The summed E-state index contributed by atoms with van der Waals surface area (Å²) < 4.78 is 2.06. The van der Waals surface area contributed by atoms with Crippen molar-refractivity contribution in [1.82, 2.24) is 9.47 Å². The van der Waals surface area contributed by atoms with Crippen LogP contribution < -0.4 is 5.43 Å². The van der Waals surface area contributed by atoms with Gasteiger partial charge in [0, 0.05) is 30.7 Å². The van der Waals surface area contributed by atoms with Gasteiger partial charge >= 0.3 is 0 Å². The Morgan fingerprint density at radius 3 is 2.67 bits per heavy atom. The second-order valence-electron chi connectivity index (χ2n) is 5.09. The van der Waals surface area contributed by atoms with E-state index in [0.29, 0.717) is 0 Å². The number of benzene rings is 1. The smallest absolute Gasteiger partial charge is 0.193 e. The molecule has 0 unspecified atom stereocenters. The molecule has 1 aliphatic rings. The lowest BCUT2D eigenvalue weighted by atomic mass is 10.1. The van der Waals surface area contributed by atoms with Crippen LogP contribution in [-0.2, 0) is 13.6 Å². The molecule has 3 nitrogen and oxygen atoms in total. The Hall–Kier alpha value is -1.61. The van der Waals surface area contributed by atoms with Gasteiger partial charge in [0.05, 0.1) is 5.52 Å². The summed E-state index contributed by atoms with van der Waals surface area (Å²) in [7, 11) is 2.01. The van der Waals surface area contributed by atoms with Gasteiger partial charge in [0.2, 0.25) is 0 Å². The number of pyridine rings is 1. The van der Waals surface area contributed by atoms with Crippen LogP contribution in [0.3, 0.4) is 0 Å². The molecule has 1 aromatic carbocycles. The minimum absolute atomic E-state index is 0.190. The molecule has 2 aromatic rings. The molecule has 0 bridgehead atoms. The molecule has 0 atom stereocenters. The standard InChI is InChI=1S/C15H18N2O/c1-16-10-12(11-17-8-4-5-9-17)15(18)13-6-2-3-7-14(13)16/h2-3,6-7,10H,4-5,8-9,11H2,1H3. The summed E-state index contributed by atoms with van der Waals surface area (Å²) >= 11 is 0. The van der Waals surface area contributed by atoms with E-state index in [0.717, 1.165) is 36.1 Å². The maximum Gasteiger partial charge on any atom is 0.193 e. The Balaban J connectivity index is 2.07. The van der Waals surface area contributed by atoms with E-state index in [4.69, 9.17) is 0 Å². The van der Waals surface area contributed by atoms with Gasteiger partial charge in [-0.2, -0.15) is 0 Å². The summed E-state index contributed by atoms with van der Waals surface area (Å²) in [6, 6.07) is 7.83. The summed E-state index contributed by atoms with van der Waals surface area (Å²) in [5.74, 6) is 0. The minimum atomic E-state index is 0.190. The van der Waals surface area contributed by atoms with Crippen molar-refractivity contribution in [3.8, 4) is 0 Å². The number of likely N-dealkylation sites (tertiary alicyclic amines) is 1. The van der Waals surface area contributed by atoms with Crippen molar-refractivity contribution in [2.24, 2.45) is 7.05 Å². The molecule has 1 aliphatic heterocycles. The molecule has 0 radical (unpaired) electrons. The van der Waals surface area contributed by atoms with Crippen LogP contribution in [-0.4, -0.2) is 22.6 Å². The van der Waals surface area contributed by atoms with Gasteiger partial charge in [0.25, 0.3) is 0 Å². The lowest BCUT2D eigenvalue weighted by molar-refractivity contribution is 0.330. The Bertz CT molecular complexity index is 624. The van der Waals surface area contributed by atoms with Crippen molar-refractivity contribution >= 4 is 10.9 Å². The van der Waals surface area contributed by atoms with E-state index < -0.39 is 0 Å². The third-order valence-electron chi connectivity index (χ3n) is 3.76. The summed E-state index contributed by atoms with van der Waals surface area (Å²) in [5, 5.41) is 0.830. The highest BCUT2D eigenvalue weighted by Gasteiger charge is 2.14. The first-order chi connectivity index (χ1) is 8.75. The van der Waals surface area contributed by atoms with Gasteiger partial charge < -0.3 is 4.57 Å². The van der Waals surface area contributed by atoms with Crippen LogP contribution in [0.2, 0.25) is 0 Å². The number of nitrogens with zero attached hydrogens (tertiary/aromatic N) is 2. The monoisotopic (exact) mass is 242 g/mol. The van der Waals surface area contributed by atoms with E-state index in [2.05, 4.69) is 9.47 Å². The first-order valence-electron chi connectivity index (χ1n) is 6.55. The van der Waals surface area contributed by atoms with Crippen molar-refractivity contribution in [3.63, 3.8) is 0 Å². The number of hydrogen-bond donors (Lipinski definition) is 0. The van der Waals surface area contributed by atoms with E-state index >= 15 is 0 Å². The molecule has 18 heavy (non-hydrogen) atoms. The fraction of sp³-hybridized carbons (Fsp3) is 0.400. The Kier molecular flexibility index (Phi) is 2.92. The highest BCUT2D eigenvalue weighted by molar-refractivity contribution is 5.79. The number of aryl methyl sites for hydroxylation is 1. The van der Waals surface area contributed by atoms with Crippen LogP contribution in [0.5, 0.6) is 0 Å². The molecule has 0 N–H and O–H groups in total. The first kappa shape index (κ1) is 11.5. The zero-order chi connectivity index (χ0) is 12.5. The Morgan fingerprint density at radius 2 is 1.89 bits per heavy atom. The number of para-hydroxylation sites is 1. The van der Waals surface area contributed by atoms with Gasteiger partial charge in [-0.15, -0.1) is 0 Å². The van der Waals surface area contributed by atoms with Crippen LogP contribution in [0.25, 0.3) is 10.9 Å². The van der Waals surface area contributed by atoms with Gasteiger partial charge in [0.15, 0.2) is 5.43 Å². The van der Waals surface area contributed by atoms with Crippen molar-refractivity contribution in [3.05, 3.63) is 46.2 Å². The van der Waals surface area contributed by atoms with E-state index in [1.54, 1.807) is 0 Å². The fourth-order valence-electron chi connectivity index (χ4n) is 2.80. The zero-order valence-corrected chi connectivity index (χ0v) is 10.7. The molecule has 94 valence electrons. The van der Waals surface area contributed by atoms with Gasteiger partial charge in [-0.25, -0.2) is 0 Å². The predicted molar refractivity (Wildman–Crippen MR) is 73.7 cm³/mol. The second-order valence-corrected chi connectivity index (χ2v) is 5.09. The van der Waals surface area contributed by atoms with Gasteiger partial charge in [-0.1, -0.05) is 12.1 Å². The number of aromatic nitrogens is 1. The van der Waals surface area contributed by atoms with Gasteiger partial charge in [-0.3, -0.25) is 9.69 Å². The molecule has 3 rings (SSSR count). The quantitative estimate of drug-likeness (QED) is 0.806. The van der Waals surface area contributed by atoms with Crippen LogP contribution >= 0.6 is 0 Å². The van der Waals surface area contributed by atoms with E-state index in [1.165, 1.54) is 12.8 Å². The molecule has 1 fully saturated rings. The molecule has 0 aliphatic carbocycles. The summed E-state index contributed by atoms with van der Waals surface area (Å²) in [6.45, 7) is 3.03. The molecule has 0 amide bonds. The van der Waals surface area contributed by atoms with Crippen molar-refractivity contribution in [2.45, 2.75) is 19.4 Å². The average molecular weight is 242 g/mol. The first-order valence-corrected chi connectivity index (χ1v) is 6.55. The summed E-state index contributed by atoms with van der Waals surface area (Å²) in [5.41, 5.74) is 2.11. The molecule has 2 heterocycles. The lowest BCUT2D eigenvalue weighted by Crippen LogP contribution is -2.24. The topological polar surface area (TPSA) is 25.2 Å². The molecule has 1 saturated heterocycles. The van der Waals surface area contributed by atoms with Crippen molar-refractivity contribution in [2.75, 3.05) is 13.1 Å². The van der Waals surface area contributed by atoms with E-state index in [1.807, 2.05) is 37.5 Å². The zero-order valence-electron chi connectivity index (χ0n) is 10.7. The van der Waals surface area contributed by atoms with Gasteiger partial charge in [-0.05, 0) is 38.1 Å². The van der Waals surface area contributed by atoms with E-state index in [9.17, 15) is 4.79 Å². The SMILES string of the molecule is Cn1cc(CN2CCCC2)c(=O)c2ccccc21. The van der Waals surface area contributed by atoms with Crippen LogP contribution in [0.15, 0.2) is 35.3 Å². The molecule has 0 saturated carbocycles. The number of fused-ring (bicyclic) bond motifs is 1. The van der Waals surface area contributed by atoms with Crippen LogP contribution in [0.1, 0.15) is 18.4 Å². The third-order valence-corrected chi connectivity index (χ3v) is 3.76. The second kappa shape index (κ2) is 4.58. The lowest BCUT2D eigenvalue weighted by Gasteiger charge is -2.15. The molecular weight excluding hydrogens is 224 g/mol. The summed E-state index contributed by atoms with van der Waals surface area (Å²) in [4.78, 5) is 14.8. The summed E-state index contributed by atoms with van der Waals surface area (Å²) in [6.07, 6.45) is 4.50. The highest BCUT2D eigenvalue weighted by atomic mass is 16.1.